The standard InChI is InChI=1S/C25H27N7OS/c1-4-26-20-13-10-16(14-28-20)21-17-11-12-18-23(34-25(29-18)30-24(33)27-5-2)22(17)32(31-21)19-9-7-6-8-15(19)3/h6-10,13-14H,4-5,11-12H2,1-3H3,(H,26,28)(H2,27,29,30,33). The number of nitrogens with one attached hydrogen (secondary N) is 3. The molecule has 0 saturated carbocycles. The SMILES string of the molecule is CCNC(=O)Nc1nc2c(s1)-c1c(c(-c3ccc(NCC)nc3)nn1-c1ccccc1C)CC2. The van der Waals surface area contributed by atoms with Gasteiger partial charge in [0.2, 0.25) is 0 Å². The second-order valence-electron chi connectivity index (χ2n) is 8.12. The molecule has 0 atom stereocenters. The van der Waals surface area contributed by atoms with Crippen LogP contribution in [0.3, 0.4) is 0 Å². The first-order valence-electron chi connectivity index (χ1n) is 11.5. The lowest BCUT2D eigenvalue weighted by molar-refractivity contribution is 0.252. The number of pyridine rings is 1. The molecule has 0 saturated heterocycles. The zero-order valence-corrected chi connectivity index (χ0v) is 20.3. The van der Waals surface area contributed by atoms with E-state index in [1.165, 1.54) is 16.9 Å². The molecule has 0 unspecified atom stereocenters. The largest absolute Gasteiger partial charge is 0.370 e. The molecule has 1 aliphatic carbocycles. The Morgan fingerprint density at radius 2 is 1.97 bits per heavy atom. The number of thiazole rings is 1. The topological polar surface area (TPSA) is 96.8 Å². The van der Waals surface area contributed by atoms with Crippen molar-refractivity contribution in [2.24, 2.45) is 0 Å². The number of fused-ring (bicyclic) bond motifs is 3. The van der Waals surface area contributed by atoms with Gasteiger partial charge in [0, 0.05) is 30.4 Å². The number of rotatable bonds is 6. The number of para-hydroxylation sites is 1. The van der Waals surface area contributed by atoms with Gasteiger partial charge in [-0.25, -0.2) is 19.4 Å². The summed E-state index contributed by atoms with van der Waals surface area (Å²) in [5.41, 5.74) is 7.31. The lowest BCUT2D eigenvalue weighted by Gasteiger charge is -2.15. The number of hydrogen-bond acceptors (Lipinski definition) is 6. The quantitative estimate of drug-likeness (QED) is 0.365. The molecule has 3 heterocycles. The monoisotopic (exact) mass is 473 g/mol. The summed E-state index contributed by atoms with van der Waals surface area (Å²) < 4.78 is 2.03. The molecular formula is C25H27N7OS. The van der Waals surface area contributed by atoms with Crippen LogP contribution in [0.25, 0.3) is 27.5 Å². The first-order chi connectivity index (χ1) is 16.6. The van der Waals surface area contributed by atoms with Crippen molar-refractivity contribution in [1.82, 2.24) is 25.1 Å². The van der Waals surface area contributed by atoms with E-state index >= 15 is 0 Å². The molecular weight excluding hydrogens is 446 g/mol. The van der Waals surface area contributed by atoms with Crippen molar-refractivity contribution in [3.8, 4) is 27.5 Å². The maximum Gasteiger partial charge on any atom is 0.321 e. The normalized spacial score (nSPS) is 12.1. The van der Waals surface area contributed by atoms with Crippen LogP contribution in [-0.4, -0.2) is 38.9 Å². The van der Waals surface area contributed by atoms with Crippen molar-refractivity contribution < 1.29 is 4.79 Å². The molecule has 0 fully saturated rings. The third-order valence-corrected chi connectivity index (χ3v) is 6.82. The Morgan fingerprint density at radius 3 is 2.71 bits per heavy atom. The van der Waals surface area contributed by atoms with E-state index in [1.54, 1.807) is 0 Å². The first kappa shape index (κ1) is 22.1. The minimum Gasteiger partial charge on any atom is -0.370 e. The van der Waals surface area contributed by atoms with Crippen LogP contribution in [0, 0.1) is 6.92 Å². The van der Waals surface area contributed by atoms with E-state index in [2.05, 4.69) is 53.0 Å². The smallest absolute Gasteiger partial charge is 0.321 e. The molecule has 3 aromatic heterocycles. The predicted octanol–water partition coefficient (Wildman–Crippen LogP) is 5.04. The number of amides is 2. The zero-order chi connectivity index (χ0) is 23.7. The van der Waals surface area contributed by atoms with E-state index in [-0.39, 0.29) is 6.03 Å². The van der Waals surface area contributed by atoms with Crippen molar-refractivity contribution in [2.75, 3.05) is 23.7 Å². The molecule has 0 bridgehead atoms. The van der Waals surface area contributed by atoms with Crippen molar-refractivity contribution in [2.45, 2.75) is 33.6 Å². The summed E-state index contributed by atoms with van der Waals surface area (Å²) in [6, 6.07) is 12.1. The lowest BCUT2D eigenvalue weighted by atomic mass is 9.95. The molecule has 8 nitrogen and oxygen atoms in total. The van der Waals surface area contributed by atoms with Crippen LogP contribution < -0.4 is 16.0 Å². The summed E-state index contributed by atoms with van der Waals surface area (Å²) in [5.74, 6) is 0.851. The van der Waals surface area contributed by atoms with E-state index in [4.69, 9.17) is 10.1 Å². The van der Waals surface area contributed by atoms with Crippen molar-refractivity contribution >= 4 is 28.3 Å². The third kappa shape index (κ3) is 4.03. The minimum absolute atomic E-state index is 0.242. The van der Waals surface area contributed by atoms with Gasteiger partial charge in [-0.05, 0) is 57.4 Å². The lowest BCUT2D eigenvalue weighted by Crippen LogP contribution is -2.28. The summed E-state index contributed by atoms with van der Waals surface area (Å²) in [4.78, 5) is 22.4. The number of nitrogens with zero attached hydrogens (tertiary/aromatic N) is 4. The average molecular weight is 474 g/mol. The number of urea groups is 1. The van der Waals surface area contributed by atoms with Crippen LogP contribution in [0.4, 0.5) is 15.7 Å². The number of carbonyl (C=O) groups is 1. The van der Waals surface area contributed by atoms with Crippen LogP contribution in [0.1, 0.15) is 30.7 Å². The summed E-state index contributed by atoms with van der Waals surface area (Å²) in [5, 5.41) is 14.6. The fraction of sp³-hybridized carbons (Fsp3) is 0.280. The van der Waals surface area contributed by atoms with Gasteiger partial charge in [-0.15, -0.1) is 0 Å². The Morgan fingerprint density at radius 1 is 1.12 bits per heavy atom. The highest BCUT2D eigenvalue weighted by Gasteiger charge is 2.30. The molecule has 0 aliphatic heterocycles. The molecule has 4 aromatic rings. The molecule has 3 N–H and O–H groups in total. The molecule has 1 aromatic carbocycles. The Balaban J connectivity index is 1.65. The Bertz CT molecular complexity index is 1340. The van der Waals surface area contributed by atoms with E-state index in [1.807, 2.05) is 36.0 Å². The molecule has 34 heavy (non-hydrogen) atoms. The number of benzene rings is 1. The van der Waals surface area contributed by atoms with Gasteiger partial charge in [0.25, 0.3) is 0 Å². The van der Waals surface area contributed by atoms with E-state index in [0.29, 0.717) is 11.7 Å². The van der Waals surface area contributed by atoms with Gasteiger partial charge in [-0.3, -0.25) is 5.32 Å². The number of aromatic nitrogens is 4. The molecule has 174 valence electrons. The molecule has 2 amide bonds. The van der Waals surface area contributed by atoms with Crippen LogP contribution in [0.15, 0.2) is 42.6 Å². The second-order valence-corrected chi connectivity index (χ2v) is 9.11. The van der Waals surface area contributed by atoms with Gasteiger partial charge in [0.1, 0.15) is 5.82 Å². The van der Waals surface area contributed by atoms with Crippen LogP contribution in [0.5, 0.6) is 0 Å². The number of aryl methyl sites for hydroxylation is 2. The van der Waals surface area contributed by atoms with Gasteiger partial charge in [-0.1, -0.05) is 29.5 Å². The van der Waals surface area contributed by atoms with Crippen LogP contribution >= 0.6 is 11.3 Å². The zero-order valence-electron chi connectivity index (χ0n) is 19.5. The maximum absolute atomic E-state index is 12.1. The van der Waals surface area contributed by atoms with Crippen molar-refractivity contribution in [3.05, 3.63) is 59.4 Å². The number of hydrogen-bond donors (Lipinski definition) is 3. The summed E-state index contributed by atoms with van der Waals surface area (Å²) in [6.07, 6.45) is 3.50. The van der Waals surface area contributed by atoms with Gasteiger partial charge in [0.15, 0.2) is 5.13 Å². The summed E-state index contributed by atoms with van der Waals surface area (Å²) in [7, 11) is 0. The van der Waals surface area contributed by atoms with E-state index in [0.717, 1.165) is 64.0 Å². The molecule has 9 heteroatoms. The molecule has 0 spiro atoms. The van der Waals surface area contributed by atoms with Gasteiger partial charge in [-0.2, -0.15) is 5.10 Å². The van der Waals surface area contributed by atoms with Crippen LogP contribution in [0.2, 0.25) is 0 Å². The summed E-state index contributed by atoms with van der Waals surface area (Å²) in [6.45, 7) is 7.42. The fourth-order valence-electron chi connectivity index (χ4n) is 4.25. The minimum atomic E-state index is -0.242. The number of anilines is 2. The highest BCUT2D eigenvalue weighted by Crippen LogP contribution is 2.44. The van der Waals surface area contributed by atoms with Crippen molar-refractivity contribution in [1.29, 1.82) is 0 Å². The molecule has 1 aliphatic rings. The van der Waals surface area contributed by atoms with Gasteiger partial charge < -0.3 is 10.6 Å². The van der Waals surface area contributed by atoms with Crippen molar-refractivity contribution in [3.63, 3.8) is 0 Å². The Labute approximate surface area is 202 Å². The fourth-order valence-corrected chi connectivity index (χ4v) is 5.32. The average Bonchev–Trinajstić information content (AvgIpc) is 3.41. The molecule has 0 radical (unpaired) electrons. The first-order valence-corrected chi connectivity index (χ1v) is 12.3. The van der Waals surface area contributed by atoms with Gasteiger partial charge in [0.05, 0.1) is 27.6 Å². The van der Waals surface area contributed by atoms with E-state index in [9.17, 15) is 4.79 Å². The maximum atomic E-state index is 12.1. The Kier molecular flexibility index (Phi) is 6.02. The highest BCUT2D eigenvalue weighted by molar-refractivity contribution is 7.19. The third-order valence-electron chi connectivity index (χ3n) is 5.80. The van der Waals surface area contributed by atoms with E-state index < -0.39 is 0 Å². The summed E-state index contributed by atoms with van der Waals surface area (Å²) >= 11 is 1.49. The second kappa shape index (κ2) is 9.26. The number of carbonyl (C=O) groups excluding carboxylic acids is 1. The predicted molar refractivity (Wildman–Crippen MR) is 137 cm³/mol. The highest BCUT2D eigenvalue weighted by atomic mass is 32.1. The molecule has 5 rings (SSSR count). The van der Waals surface area contributed by atoms with Crippen LogP contribution in [-0.2, 0) is 12.8 Å². The van der Waals surface area contributed by atoms with Gasteiger partial charge >= 0.3 is 6.03 Å². The Hall–Kier alpha value is -3.72.